The molecule has 0 bridgehead atoms. The molecule has 1 aromatic rings. The lowest BCUT2D eigenvalue weighted by Crippen LogP contribution is -2.36. The van der Waals surface area contributed by atoms with E-state index in [9.17, 15) is 23.7 Å². The second-order valence-electron chi connectivity index (χ2n) is 4.05. The average Bonchev–Trinajstić information content (AvgIpc) is 2.32. The van der Waals surface area contributed by atoms with Crippen LogP contribution in [0.15, 0.2) is 12.1 Å². The number of benzene rings is 1. The van der Waals surface area contributed by atoms with E-state index in [-0.39, 0.29) is 12.3 Å². The summed E-state index contributed by atoms with van der Waals surface area (Å²) in [7, 11) is 0. The maximum atomic E-state index is 13.7. The van der Waals surface area contributed by atoms with Crippen molar-refractivity contribution < 1.29 is 18.5 Å². The Labute approximate surface area is 101 Å². The number of hydrogen-bond acceptors (Lipinski definition) is 4. The van der Waals surface area contributed by atoms with Gasteiger partial charge in [-0.15, -0.1) is 0 Å². The minimum absolute atomic E-state index is 0.124. The van der Waals surface area contributed by atoms with E-state index in [2.05, 4.69) is 0 Å². The summed E-state index contributed by atoms with van der Waals surface area (Å²) in [4.78, 5) is 22.6. The van der Waals surface area contributed by atoms with E-state index in [1.54, 1.807) is 0 Å². The Morgan fingerprint density at radius 2 is 2.06 bits per heavy atom. The van der Waals surface area contributed by atoms with Gasteiger partial charge in [-0.05, 0) is 12.5 Å². The fourth-order valence-corrected chi connectivity index (χ4v) is 2.01. The van der Waals surface area contributed by atoms with Crippen molar-refractivity contribution in [2.24, 2.45) is 0 Å². The number of nitrogens with zero attached hydrogens (tertiary/aromatic N) is 2. The molecule has 0 spiro atoms. The molecule has 0 unspecified atom stereocenters. The van der Waals surface area contributed by atoms with Crippen LogP contribution < -0.4 is 4.90 Å². The number of carbonyl (C=O) groups is 1. The van der Waals surface area contributed by atoms with Gasteiger partial charge in [0.15, 0.2) is 23.1 Å². The molecule has 96 valence electrons. The molecule has 0 aliphatic carbocycles. The second-order valence-corrected chi connectivity index (χ2v) is 4.05. The second kappa shape index (κ2) is 4.67. The molecule has 0 N–H and O–H groups in total. The summed E-state index contributed by atoms with van der Waals surface area (Å²) in [6, 6.07) is 1.62. The lowest BCUT2D eigenvalue weighted by atomic mass is 10.1. The minimum Gasteiger partial charge on any atom is -0.356 e. The molecular weight excluding hydrogens is 246 g/mol. The molecule has 0 aromatic heterocycles. The molecule has 0 radical (unpaired) electrons. The molecule has 1 aromatic carbocycles. The van der Waals surface area contributed by atoms with E-state index >= 15 is 0 Å². The topological polar surface area (TPSA) is 63.5 Å². The SMILES string of the molecule is O=C1CCCN(c2c([N+](=O)[O-])ccc(F)c2F)C1. The number of carbonyl (C=O) groups excluding carboxylic acids is 1. The first-order chi connectivity index (χ1) is 8.50. The predicted molar refractivity (Wildman–Crippen MR) is 59.5 cm³/mol. The van der Waals surface area contributed by atoms with Crippen molar-refractivity contribution in [3.05, 3.63) is 33.9 Å². The number of nitro groups is 1. The van der Waals surface area contributed by atoms with Crippen LogP contribution >= 0.6 is 0 Å². The van der Waals surface area contributed by atoms with Gasteiger partial charge in [0.2, 0.25) is 0 Å². The highest BCUT2D eigenvalue weighted by molar-refractivity contribution is 5.85. The Morgan fingerprint density at radius 3 is 2.67 bits per heavy atom. The van der Waals surface area contributed by atoms with Crippen molar-refractivity contribution in [2.75, 3.05) is 18.0 Å². The molecule has 1 fully saturated rings. The number of Topliss-reactive ketones (excluding diaryl/α,β-unsaturated/α-hetero) is 1. The maximum absolute atomic E-state index is 13.7. The summed E-state index contributed by atoms with van der Waals surface area (Å²) in [6.07, 6.45) is 0.840. The largest absolute Gasteiger partial charge is 0.356 e. The maximum Gasteiger partial charge on any atom is 0.295 e. The molecule has 1 saturated heterocycles. The van der Waals surface area contributed by atoms with Gasteiger partial charge in [-0.3, -0.25) is 14.9 Å². The standard InChI is InChI=1S/C11H10F2N2O3/c12-8-3-4-9(15(17)18)11(10(8)13)14-5-1-2-7(16)6-14/h3-4H,1-2,5-6H2. The lowest BCUT2D eigenvalue weighted by Gasteiger charge is -2.27. The molecule has 0 atom stereocenters. The molecule has 5 nitrogen and oxygen atoms in total. The minimum atomic E-state index is -1.28. The first-order valence-electron chi connectivity index (χ1n) is 5.39. The summed E-state index contributed by atoms with van der Waals surface area (Å²) in [5.74, 6) is -2.58. The van der Waals surface area contributed by atoms with Crippen LogP contribution in [0, 0.1) is 21.7 Å². The summed E-state index contributed by atoms with van der Waals surface area (Å²) < 4.78 is 26.9. The Kier molecular flexibility index (Phi) is 3.22. The van der Waals surface area contributed by atoms with E-state index in [1.807, 2.05) is 0 Å². The fourth-order valence-electron chi connectivity index (χ4n) is 2.01. The number of hydrogen-bond donors (Lipinski definition) is 0. The third kappa shape index (κ3) is 2.15. The lowest BCUT2D eigenvalue weighted by molar-refractivity contribution is -0.384. The third-order valence-corrected chi connectivity index (χ3v) is 2.81. The summed E-state index contributed by atoms with van der Waals surface area (Å²) in [5.41, 5.74) is -0.961. The first kappa shape index (κ1) is 12.4. The summed E-state index contributed by atoms with van der Waals surface area (Å²) in [5, 5.41) is 10.8. The van der Waals surface area contributed by atoms with Crippen LogP contribution in [-0.4, -0.2) is 23.8 Å². The van der Waals surface area contributed by atoms with Crippen LogP contribution in [-0.2, 0) is 4.79 Å². The molecule has 0 saturated carbocycles. The van der Waals surface area contributed by atoms with Gasteiger partial charge in [0, 0.05) is 19.0 Å². The Hall–Kier alpha value is -2.05. The number of halogens is 2. The van der Waals surface area contributed by atoms with Crippen molar-refractivity contribution >= 4 is 17.2 Å². The molecular formula is C11H10F2N2O3. The van der Waals surface area contributed by atoms with Gasteiger partial charge >= 0.3 is 0 Å². The zero-order valence-corrected chi connectivity index (χ0v) is 9.36. The van der Waals surface area contributed by atoms with Gasteiger partial charge in [0.1, 0.15) is 0 Å². The Morgan fingerprint density at radius 1 is 1.33 bits per heavy atom. The van der Waals surface area contributed by atoms with Crippen LogP contribution in [0.2, 0.25) is 0 Å². The molecule has 1 heterocycles. The smallest absolute Gasteiger partial charge is 0.295 e. The van der Waals surface area contributed by atoms with Crippen LogP contribution in [0.4, 0.5) is 20.2 Å². The van der Waals surface area contributed by atoms with E-state index < -0.39 is 27.9 Å². The van der Waals surface area contributed by atoms with E-state index in [0.29, 0.717) is 25.5 Å². The molecule has 1 aliphatic rings. The van der Waals surface area contributed by atoms with Gasteiger partial charge in [0.05, 0.1) is 11.5 Å². The number of ketones is 1. The van der Waals surface area contributed by atoms with Gasteiger partial charge in [0.25, 0.3) is 5.69 Å². The molecule has 1 aliphatic heterocycles. The van der Waals surface area contributed by atoms with Gasteiger partial charge in [-0.2, -0.15) is 0 Å². The van der Waals surface area contributed by atoms with E-state index in [4.69, 9.17) is 0 Å². The molecule has 0 amide bonds. The fraction of sp³-hybridized carbons (Fsp3) is 0.364. The van der Waals surface area contributed by atoms with Crippen LogP contribution in [0.25, 0.3) is 0 Å². The van der Waals surface area contributed by atoms with Crippen molar-refractivity contribution in [1.82, 2.24) is 0 Å². The average molecular weight is 256 g/mol. The molecule has 2 rings (SSSR count). The Bertz CT molecular complexity index is 519. The van der Waals surface area contributed by atoms with Gasteiger partial charge in [-0.1, -0.05) is 0 Å². The number of anilines is 1. The summed E-state index contributed by atoms with van der Waals surface area (Å²) in [6.45, 7) is 0.175. The number of piperidine rings is 1. The predicted octanol–water partition coefficient (Wildman–Crippen LogP) is 2.04. The number of rotatable bonds is 2. The van der Waals surface area contributed by atoms with Crippen LogP contribution in [0.3, 0.4) is 0 Å². The van der Waals surface area contributed by atoms with Gasteiger partial charge in [-0.25, -0.2) is 8.78 Å². The van der Waals surface area contributed by atoms with E-state index in [1.165, 1.54) is 4.90 Å². The molecule has 18 heavy (non-hydrogen) atoms. The van der Waals surface area contributed by atoms with Gasteiger partial charge < -0.3 is 4.90 Å². The zero-order valence-electron chi connectivity index (χ0n) is 9.36. The molecule has 7 heteroatoms. The van der Waals surface area contributed by atoms with Crippen molar-refractivity contribution in [3.8, 4) is 0 Å². The van der Waals surface area contributed by atoms with Crippen LogP contribution in [0.1, 0.15) is 12.8 Å². The monoisotopic (exact) mass is 256 g/mol. The van der Waals surface area contributed by atoms with E-state index in [0.717, 1.165) is 6.07 Å². The van der Waals surface area contributed by atoms with Crippen molar-refractivity contribution in [2.45, 2.75) is 12.8 Å². The highest BCUT2D eigenvalue weighted by atomic mass is 19.2. The number of nitro benzene ring substituents is 1. The first-order valence-corrected chi connectivity index (χ1v) is 5.39. The zero-order chi connectivity index (χ0) is 13.3. The third-order valence-electron chi connectivity index (χ3n) is 2.81. The van der Waals surface area contributed by atoms with Crippen molar-refractivity contribution in [3.63, 3.8) is 0 Å². The summed E-state index contributed by atoms with van der Waals surface area (Å²) >= 11 is 0. The van der Waals surface area contributed by atoms with Crippen molar-refractivity contribution in [1.29, 1.82) is 0 Å². The Balaban J connectivity index is 2.50. The normalized spacial score (nSPS) is 15.9. The highest BCUT2D eigenvalue weighted by Gasteiger charge is 2.29. The highest BCUT2D eigenvalue weighted by Crippen LogP contribution is 2.33. The van der Waals surface area contributed by atoms with Crippen LogP contribution in [0.5, 0.6) is 0 Å². The quantitative estimate of drug-likeness (QED) is 0.600.